The molecule has 7 rings (SSSR count). The molecular formula is C29H34F3N7O5. The van der Waals surface area contributed by atoms with Crippen molar-refractivity contribution in [2.24, 2.45) is 0 Å². The largest absolute Gasteiger partial charge is 0.492 e. The van der Waals surface area contributed by atoms with Crippen molar-refractivity contribution < 1.29 is 37.0 Å². The van der Waals surface area contributed by atoms with Gasteiger partial charge in [0.05, 0.1) is 12.6 Å². The van der Waals surface area contributed by atoms with Gasteiger partial charge in [-0.1, -0.05) is 12.1 Å². The van der Waals surface area contributed by atoms with Crippen LogP contribution in [0.3, 0.4) is 0 Å². The highest BCUT2D eigenvalue weighted by Gasteiger charge is 2.29. The van der Waals surface area contributed by atoms with Crippen LogP contribution in [0, 0.1) is 0 Å². The van der Waals surface area contributed by atoms with E-state index in [0.717, 1.165) is 5.56 Å². The number of hydrogen-bond donors (Lipinski definition) is 3. The lowest BCUT2D eigenvalue weighted by Crippen LogP contribution is -2.37. The van der Waals surface area contributed by atoms with Gasteiger partial charge < -0.3 is 35.1 Å². The molecular weight excluding hydrogens is 583 g/mol. The smallest absolute Gasteiger partial charge is 0.422 e. The summed E-state index contributed by atoms with van der Waals surface area (Å²) in [7, 11) is 0. The van der Waals surface area contributed by atoms with E-state index < -0.39 is 24.9 Å². The van der Waals surface area contributed by atoms with Crippen LogP contribution in [0.2, 0.25) is 0 Å². The third kappa shape index (κ3) is 10.5. The molecule has 15 heteroatoms. The number of anilines is 3. The summed E-state index contributed by atoms with van der Waals surface area (Å²) in [5.41, 5.74) is 1.71. The number of carbonyl (C=O) groups is 2. The molecule has 3 N–H and O–H groups in total. The quantitative estimate of drug-likeness (QED) is 0.371. The number of benzene rings is 2. The van der Waals surface area contributed by atoms with E-state index in [-0.39, 0.29) is 37.1 Å². The van der Waals surface area contributed by atoms with Crippen LogP contribution in [0.15, 0.2) is 48.5 Å². The van der Waals surface area contributed by atoms with Crippen LogP contribution in [0.25, 0.3) is 0 Å². The predicted octanol–water partition coefficient (Wildman–Crippen LogP) is 4.92. The molecule has 0 aliphatic carbocycles. The van der Waals surface area contributed by atoms with Crippen molar-refractivity contribution in [3.05, 3.63) is 59.7 Å². The standard InChI is InChI=1S/C29H34F3N7O5/c1-19(2)44-28(41)39-14-4-3-13-33-24(40)21-7-9-22(10-8-21)35-26-36-25(37-27(38-26)43-18-29(30,31)32)34-17-20-5-11-23(12-6-20)42-16-15-39/h5-12,19H,3-4,13-18H2,1-2H3,(H,33,40)(H2,34,35,36,37,38). The fraction of sp³-hybridized carbons (Fsp3) is 0.414. The lowest BCUT2D eigenvalue weighted by Gasteiger charge is -2.23. The lowest BCUT2D eigenvalue weighted by molar-refractivity contribution is -0.154. The summed E-state index contributed by atoms with van der Waals surface area (Å²) >= 11 is 0. The molecule has 0 spiro atoms. The number of nitrogens with zero attached hydrogens (tertiary/aromatic N) is 4. The van der Waals surface area contributed by atoms with E-state index in [4.69, 9.17) is 14.2 Å². The summed E-state index contributed by atoms with van der Waals surface area (Å²) in [5, 5.41) is 8.73. The summed E-state index contributed by atoms with van der Waals surface area (Å²) in [6.45, 7) is 3.61. The van der Waals surface area contributed by atoms with E-state index in [1.54, 1.807) is 55.1 Å². The molecule has 4 aliphatic heterocycles. The van der Waals surface area contributed by atoms with Crippen molar-refractivity contribution in [3.63, 3.8) is 0 Å². The Labute approximate surface area is 252 Å². The molecule has 5 heterocycles. The van der Waals surface area contributed by atoms with Gasteiger partial charge in [-0.25, -0.2) is 4.79 Å². The van der Waals surface area contributed by atoms with Crippen molar-refractivity contribution in [3.8, 4) is 11.8 Å². The number of hydrogen-bond acceptors (Lipinski definition) is 10. The minimum absolute atomic E-state index is 0.0150. The molecule has 12 nitrogen and oxygen atoms in total. The third-order valence-electron chi connectivity index (χ3n) is 6.12. The highest BCUT2D eigenvalue weighted by molar-refractivity contribution is 5.94. The van der Waals surface area contributed by atoms with Crippen LogP contribution in [0.1, 0.15) is 42.6 Å². The van der Waals surface area contributed by atoms with Gasteiger partial charge in [0.1, 0.15) is 12.4 Å². The van der Waals surface area contributed by atoms with Crippen LogP contribution >= 0.6 is 0 Å². The van der Waals surface area contributed by atoms with Crippen molar-refractivity contribution in [1.29, 1.82) is 0 Å². The van der Waals surface area contributed by atoms with E-state index in [0.29, 0.717) is 49.5 Å². The van der Waals surface area contributed by atoms with Crippen LogP contribution in [-0.4, -0.2) is 77.0 Å². The van der Waals surface area contributed by atoms with Crippen molar-refractivity contribution in [2.75, 3.05) is 43.5 Å². The van der Waals surface area contributed by atoms with Crippen LogP contribution in [0.5, 0.6) is 11.8 Å². The first-order chi connectivity index (χ1) is 21.0. The van der Waals surface area contributed by atoms with Crippen molar-refractivity contribution >= 4 is 29.6 Å². The zero-order valence-corrected chi connectivity index (χ0v) is 24.3. The number of carbonyl (C=O) groups excluding carboxylic acids is 2. The molecule has 4 aliphatic rings. The number of nitrogens with one attached hydrogen (secondary N) is 3. The van der Waals surface area contributed by atoms with Crippen LogP contribution in [-0.2, 0) is 11.3 Å². The minimum Gasteiger partial charge on any atom is -0.492 e. The first kappa shape index (κ1) is 32.1. The number of rotatable bonds is 3. The lowest BCUT2D eigenvalue weighted by atomic mass is 10.2. The molecule has 0 saturated heterocycles. The zero-order chi connectivity index (χ0) is 31.5. The van der Waals surface area contributed by atoms with E-state index in [2.05, 4.69) is 30.9 Å². The van der Waals surface area contributed by atoms with Gasteiger partial charge in [-0.15, -0.1) is 0 Å². The normalized spacial score (nSPS) is 15.0. The highest BCUT2D eigenvalue weighted by Crippen LogP contribution is 2.21. The fourth-order valence-electron chi connectivity index (χ4n) is 4.00. The molecule has 44 heavy (non-hydrogen) atoms. The van der Waals surface area contributed by atoms with Crippen molar-refractivity contribution in [2.45, 2.75) is 45.5 Å². The van der Waals surface area contributed by atoms with Crippen molar-refractivity contribution in [1.82, 2.24) is 25.2 Å². The van der Waals surface area contributed by atoms with Gasteiger partial charge in [-0.3, -0.25) is 4.79 Å². The molecule has 0 atom stereocenters. The van der Waals surface area contributed by atoms with E-state index >= 15 is 0 Å². The molecule has 236 valence electrons. The maximum atomic E-state index is 12.8. The monoisotopic (exact) mass is 617 g/mol. The maximum absolute atomic E-state index is 12.8. The molecule has 2 amide bonds. The number of ether oxygens (including phenoxy) is 3. The second-order valence-electron chi connectivity index (χ2n) is 10.1. The average molecular weight is 618 g/mol. The number of alkyl halides is 3. The van der Waals surface area contributed by atoms with Gasteiger partial charge >= 0.3 is 18.3 Å². The molecule has 6 bridgehead atoms. The fourth-order valence-corrected chi connectivity index (χ4v) is 4.00. The van der Waals surface area contributed by atoms with E-state index in [1.807, 2.05) is 12.1 Å². The number of aromatic nitrogens is 3. The first-order valence-corrected chi connectivity index (χ1v) is 14.1. The topological polar surface area (TPSA) is 140 Å². The summed E-state index contributed by atoms with van der Waals surface area (Å²) in [6.07, 6.45) is -4.01. The van der Waals surface area contributed by atoms with Gasteiger partial charge in [-0.05, 0) is 68.7 Å². The summed E-state index contributed by atoms with van der Waals surface area (Å²) < 4.78 is 54.3. The Hall–Kier alpha value is -4.82. The Morgan fingerprint density at radius 1 is 0.977 bits per heavy atom. The van der Waals surface area contributed by atoms with E-state index in [9.17, 15) is 22.8 Å². The average Bonchev–Trinajstić information content (AvgIpc) is 2.97. The summed E-state index contributed by atoms with van der Waals surface area (Å²) in [5.74, 6) is 0.235. The Kier molecular flexibility index (Phi) is 11.0. The summed E-state index contributed by atoms with van der Waals surface area (Å²) in [4.78, 5) is 39.0. The van der Waals surface area contributed by atoms with E-state index in [1.165, 1.54) is 0 Å². The molecule has 0 saturated carbocycles. The maximum Gasteiger partial charge on any atom is 0.422 e. The molecule has 3 aromatic rings. The van der Waals surface area contributed by atoms with Gasteiger partial charge in [0.25, 0.3) is 5.91 Å². The van der Waals surface area contributed by atoms with Crippen LogP contribution in [0.4, 0.5) is 35.5 Å². The Balaban J connectivity index is 1.54. The second kappa shape index (κ2) is 15.1. The molecule has 1 aromatic heterocycles. The zero-order valence-electron chi connectivity index (χ0n) is 24.3. The van der Waals surface area contributed by atoms with Crippen LogP contribution < -0.4 is 25.4 Å². The molecule has 0 fully saturated rings. The molecule has 0 radical (unpaired) electrons. The van der Waals surface area contributed by atoms with Gasteiger partial charge in [-0.2, -0.15) is 28.1 Å². The summed E-state index contributed by atoms with van der Waals surface area (Å²) in [6, 6.07) is 13.0. The Bertz CT molecular complexity index is 1390. The highest BCUT2D eigenvalue weighted by atomic mass is 19.4. The Morgan fingerprint density at radius 2 is 1.70 bits per heavy atom. The second-order valence-corrected chi connectivity index (χ2v) is 10.1. The predicted molar refractivity (Wildman–Crippen MR) is 155 cm³/mol. The SMILES string of the molecule is CC(C)OC(=O)N1CCCCNC(=O)c2ccc(cc2)Nc2nc(nc(OCC(F)(F)F)n2)NCc2ccc(cc2)OCC1. The number of halogens is 3. The molecule has 2 aromatic carbocycles. The Morgan fingerprint density at radius 3 is 2.41 bits per heavy atom. The third-order valence-corrected chi connectivity index (χ3v) is 6.12. The minimum atomic E-state index is -4.58. The first-order valence-electron chi connectivity index (χ1n) is 14.1. The number of amides is 2. The van der Waals surface area contributed by atoms with Gasteiger partial charge in [0.2, 0.25) is 11.9 Å². The molecule has 0 unspecified atom stereocenters. The van der Waals surface area contributed by atoms with Gasteiger partial charge in [0.15, 0.2) is 6.61 Å². The van der Waals surface area contributed by atoms with Gasteiger partial charge in [0, 0.05) is 30.9 Å².